The summed E-state index contributed by atoms with van der Waals surface area (Å²) in [7, 11) is 5.29. The van der Waals surface area contributed by atoms with Crippen molar-refractivity contribution in [2.24, 2.45) is 0 Å². The van der Waals surface area contributed by atoms with Gasteiger partial charge in [-0.15, -0.1) is 0 Å². The molecule has 1 aliphatic heterocycles. The first kappa shape index (κ1) is 15.2. The van der Waals surface area contributed by atoms with Crippen molar-refractivity contribution in [1.29, 1.82) is 0 Å². The van der Waals surface area contributed by atoms with E-state index in [0.717, 1.165) is 28.3 Å². The van der Waals surface area contributed by atoms with Gasteiger partial charge in [-0.1, -0.05) is 0 Å². The molecule has 0 aliphatic carbocycles. The van der Waals surface area contributed by atoms with Crippen LogP contribution in [0.25, 0.3) is 0 Å². The van der Waals surface area contributed by atoms with Crippen LogP contribution in [0, 0.1) is 0 Å². The maximum atomic E-state index is 11.5. The second-order valence-corrected chi connectivity index (χ2v) is 5.45. The van der Waals surface area contributed by atoms with Gasteiger partial charge in [0.05, 0.1) is 19.8 Å². The third kappa shape index (κ3) is 2.95. The normalized spacial score (nSPS) is 12.6. The number of cyclic esters (lactones) is 1. The van der Waals surface area contributed by atoms with Gasteiger partial charge < -0.3 is 19.1 Å². The maximum absolute atomic E-state index is 11.5. The minimum absolute atomic E-state index is 0.244. The molecule has 0 aromatic heterocycles. The molecule has 0 bridgehead atoms. The lowest BCUT2D eigenvalue weighted by Gasteiger charge is -2.21. The zero-order chi connectivity index (χ0) is 16.4. The van der Waals surface area contributed by atoms with Crippen molar-refractivity contribution < 1.29 is 19.0 Å². The summed E-state index contributed by atoms with van der Waals surface area (Å²) in [6.07, 6.45) is 0. The van der Waals surface area contributed by atoms with Crippen LogP contribution in [0.3, 0.4) is 0 Å². The number of carbonyl (C=O) groups excluding carboxylic acids is 1. The number of carbonyl (C=O) groups is 1. The average molecular weight is 313 g/mol. The summed E-state index contributed by atoms with van der Waals surface area (Å²) in [5.74, 6) is 1.31. The molecule has 23 heavy (non-hydrogen) atoms. The topological polar surface area (TPSA) is 48.0 Å². The predicted molar refractivity (Wildman–Crippen MR) is 87.2 cm³/mol. The van der Waals surface area contributed by atoms with E-state index in [2.05, 4.69) is 4.90 Å². The molecule has 3 rings (SSSR count). The number of hydrogen-bond acceptors (Lipinski definition) is 5. The van der Waals surface area contributed by atoms with Crippen LogP contribution in [0.2, 0.25) is 0 Å². The first-order valence-electron chi connectivity index (χ1n) is 7.34. The highest BCUT2D eigenvalue weighted by Crippen LogP contribution is 2.29. The lowest BCUT2D eigenvalue weighted by molar-refractivity contribution is 0.0535. The maximum Gasteiger partial charge on any atom is 0.338 e. The zero-order valence-electron chi connectivity index (χ0n) is 13.5. The van der Waals surface area contributed by atoms with Gasteiger partial charge in [0.1, 0.15) is 18.1 Å². The predicted octanol–water partition coefficient (Wildman–Crippen LogP) is 3.01. The Morgan fingerprint density at radius 2 is 1.96 bits per heavy atom. The molecular formula is C18H19NO4. The fourth-order valence-corrected chi connectivity index (χ4v) is 2.69. The van der Waals surface area contributed by atoms with Crippen LogP contribution in [-0.4, -0.2) is 27.2 Å². The van der Waals surface area contributed by atoms with Crippen LogP contribution in [0.5, 0.6) is 11.5 Å². The molecule has 2 aromatic rings. The molecule has 0 atom stereocenters. The first-order valence-corrected chi connectivity index (χ1v) is 7.34. The molecule has 5 heteroatoms. The standard InChI is InChI=1S/C18H19NO4/c1-19(10-12-4-6-15(21-2)9-17(12)22-3)14-5-7-16-13(8-14)11-23-18(16)20/h4-9H,10-11H2,1-3H3. The smallest absolute Gasteiger partial charge is 0.338 e. The highest BCUT2D eigenvalue weighted by Gasteiger charge is 2.21. The van der Waals surface area contributed by atoms with E-state index in [4.69, 9.17) is 14.2 Å². The van der Waals surface area contributed by atoms with Crippen LogP contribution < -0.4 is 14.4 Å². The molecule has 0 radical (unpaired) electrons. The number of hydrogen-bond donors (Lipinski definition) is 0. The first-order chi connectivity index (χ1) is 11.1. The summed E-state index contributed by atoms with van der Waals surface area (Å²) in [6.45, 7) is 1.03. The van der Waals surface area contributed by atoms with Crippen molar-refractivity contribution in [3.8, 4) is 11.5 Å². The quantitative estimate of drug-likeness (QED) is 0.794. The van der Waals surface area contributed by atoms with Crippen LogP contribution in [0.1, 0.15) is 21.5 Å². The Bertz CT molecular complexity index is 742. The molecule has 0 saturated heterocycles. The molecule has 2 aromatic carbocycles. The molecule has 0 spiro atoms. The van der Waals surface area contributed by atoms with E-state index in [1.165, 1.54) is 0 Å². The Labute approximate surface area is 135 Å². The molecule has 0 fully saturated rings. The molecule has 5 nitrogen and oxygen atoms in total. The minimum atomic E-state index is -0.244. The monoisotopic (exact) mass is 313 g/mol. The van der Waals surface area contributed by atoms with Gasteiger partial charge in [0, 0.05) is 36.5 Å². The number of nitrogens with zero attached hydrogens (tertiary/aromatic N) is 1. The minimum Gasteiger partial charge on any atom is -0.497 e. The Balaban J connectivity index is 1.82. The van der Waals surface area contributed by atoms with Gasteiger partial charge in [-0.3, -0.25) is 0 Å². The second-order valence-electron chi connectivity index (χ2n) is 5.45. The number of esters is 1. The van der Waals surface area contributed by atoms with Crippen LogP contribution in [-0.2, 0) is 17.9 Å². The van der Waals surface area contributed by atoms with Gasteiger partial charge in [-0.05, 0) is 30.3 Å². The van der Waals surface area contributed by atoms with Gasteiger partial charge in [0.15, 0.2) is 0 Å². The Morgan fingerprint density at radius 1 is 1.13 bits per heavy atom. The van der Waals surface area contributed by atoms with E-state index < -0.39 is 0 Å². The highest BCUT2D eigenvalue weighted by atomic mass is 16.5. The zero-order valence-corrected chi connectivity index (χ0v) is 13.5. The molecule has 0 amide bonds. The van der Waals surface area contributed by atoms with Crippen molar-refractivity contribution in [1.82, 2.24) is 0 Å². The number of anilines is 1. The summed E-state index contributed by atoms with van der Waals surface area (Å²) >= 11 is 0. The largest absolute Gasteiger partial charge is 0.497 e. The number of ether oxygens (including phenoxy) is 3. The molecule has 1 aliphatic rings. The van der Waals surface area contributed by atoms with E-state index in [1.54, 1.807) is 14.2 Å². The summed E-state index contributed by atoms with van der Waals surface area (Å²) < 4.78 is 15.7. The third-order valence-corrected chi connectivity index (χ3v) is 4.01. The number of rotatable bonds is 5. The van der Waals surface area contributed by atoms with Crippen LogP contribution >= 0.6 is 0 Å². The van der Waals surface area contributed by atoms with E-state index in [9.17, 15) is 4.79 Å². The Hall–Kier alpha value is -2.69. The van der Waals surface area contributed by atoms with E-state index in [0.29, 0.717) is 18.7 Å². The van der Waals surface area contributed by atoms with Crippen molar-refractivity contribution in [3.05, 3.63) is 53.1 Å². The molecule has 1 heterocycles. The lowest BCUT2D eigenvalue weighted by atomic mass is 10.1. The molecule has 0 unspecified atom stereocenters. The summed E-state index contributed by atoms with van der Waals surface area (Å²) in [5, 5.41) is 0. The number of methoxy groups -OCH3 is 2. The SMILES string of the molecule is COc1ccc(CN(C)c2ccc3c(c2)COC3=O)c(OC)c1. The van der Waals surface area contributed by atoms with Crippen molar-refractivity contribution in [3.63, 3.8) is 0 Å². The van der Waals surface area contributed by atoms with Gasteiger partial charge in [-0.2, -0.15) is 0 Å². The van der Waals surface area contributed by atoms with Gasteiger partial charge in [0.2, 0.25) is 0 Å². The molecule has 0 saturated carbocycles. The van der Waals surface area contributed by atoms with Crippen LogP contribution in [0.15, 0.2) is 36.4 Å². The fraction of sp³-hybridized carbons (Fsp3) is 0.278. The van der Waals surface area contributed by atoms with E-state index >= 15 is 0 Å². The fourth-order valence-electron chi connectivity index (χ4n) is 2.69. The Kier molecular flexibility index (Phi) is 4.10. The van der Waals surface area contributed by atoms with Gasteiger partial charge >= 0.3 is 5.97 Å². The summed E-state index contributed by atoms with van der Waals surface area (Å²) in [4.78, 5) is 13.6. The summed E-state index contributed by atoms with van der Waals surface area (Å²) in [6, 6.07) is 11.5. The highest BCUT2D eigenvalue weighted by molar-refractivity contribution is 5.93. The van der Waals surface area contributed by atoms with E-state index in [1.807, 2.05) is 43.4 Å². The summed E-state index contributed by atoms with van der Waals surface area (Å²) in [5.41, 5.74) is 3.67. The third-order valence-electron chi connectivity index (χ3n) is 4.01. The Morgan fingerprint density at radius 3 is 2.70 bits per heavy atom. The lowest BCUT2D eigenvalue weighted by Crippen LogP contribution is -2.17. The van der Waals surface area contributed by atoms with Crippen molar-refractivity contribution in [2.45, 2.75) is 13.2 Å². The van der Waals surface area contributed by atoms with E-state index in [-0.39, 0.29) is 5.97 Å². The molecule has 120 valence electrons. The van der Waals surface area contributed by atoms with Crippen LogP contribution in [0.4, 0.5) is 5.69 Å². The van der Waals surface area contributed by atoms with Crippen molar-refractivity contribution in [2.75, 3.05) is 26.2 Å². The molecular weight excluding hydrogens is 294 g/mol. The number of benzene rings is 2. The second kappa shape index (κ2) is 6.20. The molecule has 0 N–H and O–H groups in total. The van der Waals surface area contributed by atoms with Gasteiger partial charge in [0.25, 0.3) is 0 Å². The number of fused-ring (bicyclic) bond motifs is 1. The average Bonchev–Trinajstić information content (AvgIpc) is 2.95. The van der Waals surface area contributed by atoms with Gasteiger partial charge in [-0.25, -0.2) is 4.79 Å². The van der Waals surface area contributed by atoms with Crippen molar-refractivity contribution >= 4 is 11.7 Å².